The number of rotatable bonds is 6. The molecule has 0 unspecified atom stereocenters. The Morgan fingerprint density at radius 3 is 2.65 bits per heavy atom. The maximum Gasteiger partial charge on any atom is 0.220 e. The van der Waals surface area contributed by atoms with Crippen molar-refractivity contribution in [2.75, 3.05) is 6.54 Å². The van der Waals surface area contributed by atoms with Gasteiger partial charge in [-0.2, -0.15) is 0 Å². The van der Waals surface area contributed by atoms with Crippen molar-refractivity contribution in [1.82, 2.24) is 10.3 Å². The Morgan fingerprint density at radius 2 is 1.90 bits per heavy atom. The minimum Gasteiger partial charge on any atom is -0.356 e. The van der Waals surface area contributed by atoms with Gasteiger partial charge in [-0.1, -0.05) is 35.9 Å². The van der Waals surface area contributed by atoms with E-state index in [1.165, 1.54) is 0 Å². The number of benzene rings is 1. The average Bonchev–Trinajstić information content (AvgIpc) is 2.47. The third-order valence-electron chi connectivity index (χ3n) is 3.01. The number of pyridine rings is 1. The lowest BCUT2D eigenvalue weighted by molar-refractivity contribution is -0.121. The molecule has 0 aliphatic carbocycles. The van der Waals surface area contributed by atoms with Crippen LogP contribution in [0, 0.1) is 0 Å². The third-order valence-corrected chi connectivity index (χ3v) is 3.38. The number of amides is 1. The molecule has 1 aromatic heterocycles. The molecule has 104 valence electrons. The van der Waals surface area contributed by atoms with E-state index in [-0.39, 0.29) is 5.91 Å². The highest BCUT2D eigenvalue weighted by Crippen LogP contribution is 2.16. The van der Waals surface area contributed by atoms with Gasteiger partial charge in [0, 0.05) is 36.3 Å². The molecule has 2 rings (SSSR count). The molecule has 3 nitrogen and oxygen atoms in total. The fraction of sp³-hybridized carbons (Fsp3) is 0.250. The van der Waals surface area contributed by atoms with Gasteiger partial charge in [-0.05, 0) is 30.2 Å². The lowest BCUT2D eigenvalue weighted by Gasteiger charge is -2.06. The van der Waals surface area contributed by atoms with Crippen LogP contribution in [0.4, 0.5) is 0 Å². The zero-order valence-electron chi connectivity index (χ0n) is 11.2. The zero-order chi connectivity index (χ0) is 14.2. The number of aryl methyl sites for hydroxylation is 1. The molecule has 0 saturated heterocycles. The maximum atomic E-state index is 11.7. The lowest BCUT2D eigenvalue weighted by atomic mass is 10.1. The molecular weight excluding hydrogens is 272 g/mol. The normalized spacial score (nSPS) is 10.2. The van der Waals surface area contributed by atoms with Gasteiger partial charge in [0.25, 0.3) is 0 Å². The van der Waals surface area contributed by atoms with Crippen molar-refractivity contribution >= 4 is 17.5 Å². The summed E-state index contributed by atoms with van der Waals surface area (Å²) < 4.78 is 0. The summed E-state index contributed by atoms with van der Waals surface area (Å²) >= 11 is 6.05. The van der Waals surface area contributed by atoms with Crippen LogP contribution in [0.3, 0.4) is 0 Å². The number of aromatic nitrogens is 1. The second-order valence-corrected chi connectivity index (χ2v) is 4.92. The van der Waals surface area contributed by atoms with Gasteiger partial charge in [-0.3, -0.25) is 9.78 Å². The molecule has 0 saturated carbocycles. The molecule has 2 aromatic rings. The van der Waals surface area contributed by atoms with E-state index in [1.54, 1.807) is 6.20 Å². The standard InChI is InChI=1S/C16H17ClN2O/c17-15-7-2-1-5-13(15)8-9-16(20)19-12-10-14-6-3-4-11-18-14/h1-7,11H,8-10,12H2,(H,19,20). The second-order valence-electron chi connectivity index (χ2n) is 4.51. The van der Waals surface area contributed by atoms with E-state index in [2.05, 4.69) is 10.3 Å². The van der Waals surface area contributed by atoms with Gasteiger partial charge < -0.3 is 5.32 Å². The van der Waals surface area contributed by atoms with Gasteiger partial charge in [0.1, 0.15) is 0 Å². The zero-order valence-corrected chi connectivity index (χ0v) is 11.9. The first-order valence-electron chi connectivity index (χ1n) is 6.66. The minimum absolute atomic E-state index is 0.0425. The summed E-state index contributed by atoms with van der Waals surface area (Å²) in [5.74, 6) is 0.0425. The summed E-state index contributed by atoms with van der Waals surface area (Å²) in [6, 6.07) is 13.4. The predicted molar refractivity (Wildman–Crippen MR) is 80.7 cm³/mol. The Bertz CT molecular complexity index is 557. The Balaban J connectivity index is 1.70. The molecule has 0 radical (unpaired) electrons. The van der Waals surface area contributed by atoms with E-state index in [0.29, 0.717) is 24.4 Å². The van der Waals surface area contributed by atoms with Crippen molar-refractivity contribution < 1.29 is 4.79 Å². The fourth-order valence-corrected chi connectivity index (χ4v) is 2.14. The van der Waals surface area contributed by atoms with Crippen LogP contribution in [0.25, 0.3) is 0 Å². The Kier molecular flexibility index (Phi) is 5.56. The Morgan fingerprint density at radius 1 is 1.10 bits per heavy atom. The molecule has 0 bridgehead atoms. The second kappa shape index (κ2) is 7.65. The number of hydrogen-bond acceptors (Lipinski definition) is 2. The molecule has 0 spiro atoms. The van der Waals surface area contributed by atoms with Crippen molar-refractivity contribution in [3.63, 3.8) is 0 Å². The van der Waals surface area contributed by atoms with Crippen molar-refractivity contribution in [3.8, 4) is 0 Å². The van der Waals surface area contributed by atoms with Crippen molar-refractivity contribution in [1.29, 1.82) is 0 Å². The predicted octanol–water partition coefficient (Wildman–Crippen LogP) is 3.03. The highest BCUT2D eigenvalue weighted by Gasteiger charge is 2.04. The van der Waals surface area contributed by atoms with Gasteiger partial charge in [-0.15, -0.1) is 0 Å². The van der Waals surface area contributed by atoms with Crippen LogP contribution in [0.1, 0.15) is 17.7 Å². The monoisotopic (exact) mass is 288 g/mol. The van der Waals surface area contributed by atoms with Crippen LogP contribution >= 0.6 is 11.6 Å². The van der Waals surface area contributed by atoms with Crippen molar-refractivity contribution in [2.24, 2.45) is 0 Å². The maximum absolute atomic E-state index is 11.7. The number of nitrogens with zero attached hydrogens (tertiary/aromatic N) is 1. The van der Waals surface area contributed by atoms with E-state index >= 15 is 0 Å². The van der Waals surface area contributed by atoms with E-state index in [9.17, 15) is 4.79 Å². The van der Waals surface area contributed by atoms with Crippen LogP contribution in [0.5, 0.6) is 0 Å². The van der Waals surface area contributed by atoms with Gasteiger partial charge in [0.15, 0.2) is 0 Å². The number of carbonyl (C=O) groups excluding carboxylic acids is 1. The molecule has 1 amide bonds. The molecule has 20 heavy (non-hydrogen) atoms. The lowest BCUT2D eigenvalue weighted by Crippen LogP contribution is -2.26. The highest BCUT2D eigenvalue weighted by molar-refractivity contribution is 6.31. The SMILES string of the molecule is O=C(CCc1ccccc1Cl)NCCc1ccccn1. The number of carbonyl (C=O) groups is 1. The summed E-state index contributed by atoms with van der Waals surface area (Å²) in [5, 5.41) is 3.62. The number of nitrogens with one attached hydrogen (secondary N) is 1. The van der Waals surface area contributed by atoms with Crippen molar-refractivity contribution in [3.05, 3.63) is 64.9 Å². The smallest absolute Gasteiger partial charge is 0.220 e. The minimum atomic E-state index is 0.0425. The fourth-order valence-electron chi connectivity index (χ4n) is 1.91. The number of hydrogen-bond donors (Lipinski definition) is 1. The molecule has 1 aromatic carbocycles. The molecule has 4 heteroatoms. The molecule has 1 heterocycles. The van der Waals surface area contributed by atoms with E-state index in [4.69, 9.17) is 11.6 Å². The van der Waals surface area contributed by atoms with Crippen LogP contribution in [0.15, 0.2) is 48.7 Å². The molecule has 0 aliphatic rings. The van der Waals surface area contributed by atoms with Gasteiger partial charge in [0.2, 0.25) is 5.91 Å². The third kappa shape index (κ3) is 4.67. The van der Waals surface area contributed by atoms with Crippen molar-refractivity contribution in [2.45, 2.75) is 19.3 Å². The number of halogens is 1. The van der Waals surface area contributed by atoms with E-state index in [1.807, 2.05) is 42.5 Å². The summed E-state index contributed by atoms with van der Waals surface area (Å²) in [5.41, 5.74) is 1.99. The van der Waals surface area contributed by atoms with Crippen LogP contribution < -0.4 is 5.32 Å². The van der Waals surface area contributed by atoms with Crippen LogP contribution in [-0.4, -0.2) is 17.4 Å². The van der Waals surface area contributed by atoms with Crippen LogP contribution in [0.2, 0.25) is 5.02 Å². The van der Waals surface area contributed by atoms with E-state index < -0.39 is 0 Å². The largest absolute Gasteiger partial charge is 0.356 e. The Hall–Kier alpha value is -1.87. The topological polar surface area (TPSA) is 42.0 Å². The first-order chi connectivity index (χ1) is 9.75. The quantitative estimate of drug-likeness (QED) is 0.888. The van der Waals surface area contributed by atoms with Gasteiger partial charge >= 0.3 is 0 Å². The van der Waals surface area contributed by atoms with E-state index in [0.717, 1.165) is 17.7 Å². The highest BCUT2D eigenvalue weighted by atomic mass is 35.5. The molecule has 0 atom stereocenters. The molecule has 0 fully saturated rings. The van der Waals surface area contributed by atoms with Gasteiger partial charge in [-0.25, -0.2) is 0 Å². The summed E-state index contributed by atoms with van der Waals surface area (Å²) in [7, 11) is 0. The molecular formula is C16H17ClN2O. The first kappa shape index (κ1) is 14.5. The summed E-state index contributed by atoms with van der Waals surface area (Å²) in [4.78, 5) is 16.0. The Labute approximate surface area is 124 Å². The average molecular weight is 289 g/mol. The molecule has 0 aliphatic heterocycles. The summed E-state index contributed by atoms with van der Waals surface area (Å²) in [6.07, 6.45) is 3.62. The first-order valence-corrected chi connectivity index (χ1v) is 7.03. The van der Waals surface area contributed by atoms with Gasteiger partial charge in [0.05, 0.1) is 0 Å². The van der Waals surface area contributed by atoms with Crippen LogP contribution in [-0.2, 0) is 17.6 Å². The summed E-state index contributed by atoms with van der Waals surface area (Å²) in [6.45, 7) is 0.609. The molecule has 1 N–H and O–H groups in total.